The molecule has 0 N–H and O–H groups in total. The number of Topliss-reactive ketones (excluding diaryl/α,β-unsaturated/α-hetero) is 1. The number of halogens is 8. The van der Waals surface area contributed by atoms with Crippen molar-refractivity contribution >= 4 is 46.6 Å². The Bertz CT molecular complexity index is 1100. The van der Waals surface area contributed by atoms with Gasteiger partial charge in [-0.1, -0.05) is 23.2 Å². The van der Waals surface area contributed by atoms with Crippen molar-refractivity contribution < 1.29 is 35.9 Å². The number of ketones is 1. The number of ether oxygens (including phenoxy) is 1. The third kappa shape index (κ3) is 6.20. The van der Waals surface area contributed by atoms with E-state index in [4.69, 9.17) is 27.9 Å². The van der Waals surface area contributed by atoms with Gasteiger partial charge in [0, 0.05) is 32.5 Å². The summed E-state index contributed by atoms with van der Waals surface area (Å²) < 4.78 is 84.5. The van der Waals surface area contributed by atoms with Gasteiger partial charge in [0.1, 0.15) is 5.78 Å². The second kappa shape index (κ2) is 9.99. The van der Waals surface area contributed by atoms with Gasteiger partial charge in [0.15, 0.2) is 0 Å². The molecule has 0 saturated heterocycles. The summed E-state index contributed by atoms with van der Waals surface area (Å²) in [5, 5.41) is 0.0374. The van der Waals surface area contributed by atoms with Crippen LogP contribution in [-0.4, -0.2) is 36.3 Å². The summed E-state index contributed by atoms with van der Waals surface area (Å²) in [6.07, 6.45) is -11.0. The smallest absolute Gasteiger partial charge is 0.434 e. The summed E-state index contributed by atoms with van der Waals surface area (Å²) >= 11 is 12.9. The first-order valence-corrected chi connectivity index (χ1v) is 11.5. The van der Waals surface area contributed by atoms with Crippen molar-refractivity contribution in [2.24, 2.45) is 4.99 Å². The summed E-state index contributed by atoms with van der Waals surface area (Å²) in [4.78, 5) is 16.3. The van der Waals surface area contributed by atoms with E-state index in [1.54, 1.807) is 19.1 Å². The number of rotatable bonds is 7. The van der Waals surface area contributed by atoms with Crippen LogP contribution in [0.2, 0.25) is 10.0 Å². The number of aryl methyl sites for hydroxylation is 1. The summed E-state index contributed by atoms with van der Waals surface area (Å²) in [6.45, 7) is 0.932. The quantitative estimate of drug-likeness (QED) is 0.267. The van der Waals surface area contributed by atoms with Crippen LogP contribution in [0.15, 0.2) is 46.3 Å². The van der Waals surface area contributed by atoms with Gasteiger partial charge in [0.2, 0.25) is 11.5 Å². The topological polar surface area (TPSA) is 38.7 Å². The molecule has 0 bridgehead atoms. The molecule has 1 unspecified atom stereocenters. The maximum atomic E-state index is 14.1. The van der Waals surface area contributed by atoms with Gasteiger partial charge in [0.25, 0.3) is 0 Å². The molecule has 1 aliphatic heterocycles. The predicted molar refractivity (Wildman–Crippen MR) is 119 cm³/mol. The van der Waals surface area contributed by atoms with Crippen LogP contribution in [0.3, 0.4) is 0 Å². The molecule has 1 atom stereocenters. The maximum Gasteiger partial charge on any atom is 0.434 e. The SMILES string of the molecule is Cc1cc(C2=NCC(c3cc(Cl)cc(Cl)c3)(C(F)(F)F)O2)ccc1SCC(=O)CCC(F)(F)F. The van der Waals surface area contributed by atoms with Crippen molar-refractivity contribution in [3.63, 3.8) is 0 Å². The summed E-state index contributed by atoms with van der Waals surface area (Å²) in [6, 6.07) is 8.13. The molecule has 1 aliphatic rings. The number of benzene rings is 2. The van der Waals surface area contributed by atoms with E-state index < -0.39 is 43.1 Å². The molecule has 0 spiro atoms. The highest BCUT2D eigenvalue weighted by Gasteiger charge is 2.61. The number of aliphatic imine (C=N–C) groups is 1. The van der Waals surface area contributed by atoms with Gasteiger partial charge < -0.3 is 4.74 Å². The Hall–Kier alpha value is -1.91. The molecule has 2 aromatic rings. The molecule has 0 aromatic heterocycles. The molecule has 2 aromatic carbocycles. The molecule has 3 rings (SSSR count). The standard InChI is InChI=1S/C22H17Cl2F6NO2S/c1-12-6-13(2-3-18(12)34-10-17(32)4-5-21(25,26)27)19-31-11-20(33-19,22(28,29)30)14-7-15(23)9-16(24)8-14/h2-3,6-9H,4-5,10-11H2,1H3. The van der Waals surface area contributed by atoms with Gasteiger partial charge in [-0.05, 0) is 48.9 Å². The lowest BCUT2D eigenvalue weighted by Gasteiger charge is -2.31. The van der Waals surface area contributed by atoms with E-state index >= 15 is 0 Å². The molecule has 0 saturated carbocycles. The normalized spacial score (nSPS) is 18.6. The molecule has 0 amide bonds. The van der Waals surface area contributed by atoms with Gasteiger partial charge in [-0.15, -0.1) is 11.8 Å². The van der Waals surface area contributed by atoms with E-state index in [0.29, 0.717) is 10.5 Å². The van der Waals surface area contributed by atoms with Crippen molar-refractivity contribution in [3.8, 4) is 0 Å². The molecule has 0 fully saturated rings. The minimum absolute atomic E-state index is 0.0187. The van der Waals surface area contributed by atoms with E-state index in [1.165, 1.54) is 12.1 Å². The maximum absolute atomic E-state index is 14.1. The third-order valence-electron chi connectivity index (χ3n) is 5.00. The summed E-state index contributed by atoms with van der Waals surface area (Å²) in [5.41, 5.74) is -2.15. The second-order valence-electron chi connectivity index (χ2n) is 7.63. The monoisotopic (exact) mass is 543 g/mol. The first kappa shape index (κ1) is 26.7. The minimum atomic E-state index is -4.83. The Labute approximate surface area is 205 Å². The number of nitrogens with zero attached hydrogens (tertiary/aromatic N) is 1. The van der Waals surface area contributed by atoms with Crippen molar-refractivity contribution in [3.05, 3.63) is 63.1 Å². The van der Waals surface area contributed by atoms with Crippen molar-refractivity contribution in [1.29, 1.82) is 0 Å². The zero-order valence-corrected chi connectivity index (χ0v) is 19.8. The van der Waals surface area contributed by atoms with Crippen LogP contribution in [0.4, 0.5) is 26.3 Å². The van der Waals surface area contributed by atoms with Crippen LogP contribution in [0.25, 0.3) is 0 Å². The average molecular weight is 544 g/mol. The average Bonchev–Trinajstić information content (AvgIpc) is 3.17. The highest BCUT2D eigenvalue weighted by atomic mass is 35.5. The minimum Gasteiger partial charge on any atom is -0.454 e. The molecule has 0 aliphatic carbocycles. The number of alkyl halides is 6. The van der Waals surface area contributed by atoms with Gasteiger partial charge in [-0.3, -0.25) is 4.79 Å². The zero-order valence-electron chi connectivity index (χ0n) is 17.5. The van der Waals surface area contributed by atoms with Crippen molar-refractivity contribution in [2.45, 2.75) is 42.6 Å². The number of carbonyl (C=O) groups excluding carboxylic acids is 1. The highest BCUT2D eigenvalue weighted by molar-refractivity contribution is 8.00. The number of hydrogen-bond donors (Lipinski definition) is 0. The first-order valence-electron chi connectivity index (χ1n) is 9.79. The largest absolute Gasteiger partial charge is 0.454 e. The third-order valence-corrected chi connectivity index (χ3v) is 6.67. The molecule has 3 nitrogen and oxygen atoms in total. The molecule has 184 valence electrons. The van der Waals surface area contributed by atoms with E-state index in [1.807, 2.05) is 0 Å². The number of thioether (sulfide) groups is 1. The Balaban J connectivity index is 1.76. The summed E-state index contributed by atoms with van der Waals surface area (Å²) in [7, 11) is 0. The van der Waals surface area contributed by atoms with Crippen LogP contribution < -0.4 is 0 Å². The van der Waals surface area contributed by atoms with Crippen LogP contribution in [0.1, 0.15) is 29.5 Å². The van der Waals surface area contributed by atoms with Crippen LogP contribution >= 0.6 is 35.0 Å². The second-order valence-corrected chi connectivity index (χ2v) is 9.52. The fraction of sp³-hybridized carbons (Fsp3) is 0.364. The Morgan fingerprint density at radius 3 is 2.29 bits per heavy atom. The molecular formula is C22H17Cl2F6NO2S. The van der Waals surface area contributed by atoms with Gasteiger partial charge in [-0.2, -0.15) is 26.3 Å². The number of carbonyl (C=O) groups is 1. The molecule has 1 heterocycles. The highest BCUT2D eigenvalue weighted by Crippen LogP contribution is 2.47. The van der Waals surface area contributed by atoms with Gasteiger partial charge in [0.05, 0.1) is 18.7 Å². The molecule has 0 radical (unpaired) electrons. The predicted octanol–water partition coefficient (Wildman–Crippen LogP) is 7.54. The van der Waals surface area contributed by atoms with Crippen molar-refractivity contribution in [1.82, 2.24) is 0 Å². The first-order chi connectivity index (χ1) is 15.7. The fourth-order valence-corrected chi connectivity index (χ4v) is 4.70. The molecule has 34 heavy (non-hydrogen) atoms. The van der Waals surface area contributed by atoms with Crippen LogP contribution in [0.5, 0.6) is 0 Å². The zero-order chi connectivity index (χ0) is 25.3. The van der Waals surface area contributed by atoms with E-state index in [9.17, 15) is 31.1 Å². The Kier molecular flexibility index (Phi) is 7.84. The van der Waals surface area contributed by atoms with E-state index in [0.717, 1.165) is 23.9 Å². The number of hydrogen-bond acceptors (Lipinski definition) is 4. The lowest BCUT2D eigenvalue weighted by molar-refractivity contribution is -0.249. The van der Waals surface area contributed by atoms with Crippen molar-refractivity contribution in [2.75, 3.05) is 12.3 Å². The lowest BCUT2D eigenvalue weighted by Crippen LogP contribution is -2.45. The Morgan fingerprint density at radius 2 is 1.74 bits per heavy atom. The van der Waals surface area contributed by atoms with Crippen LogP contribution in [-0.2, 0) is 15.1 Å². The van der Waals surface area contributed by atoms with E-state index in [-0.39, 0.29) is 32.8 Å². The molecular weight excluding hydrogens is 527 g/mol. The van der Waals surface area contributed by atoms with Gasteiger partial charge >= 0.3 is 12.4 Å². The fourth-order valence-electron chi connectivity index (χ4n) is 3.27. The summed E-state index contributed by atoms with van der Waals surface area (Å²) in [5.74, 6) is -0.931. The molecule has 12 heteroatoms. The Morgan fingerprint density at radius 1 is 1.09 bits per heavy atom. The van der Waals surface area contributed by atoms with E-state index in [2.05, 4.69) is 4.99 Å². The van der Waals surface area contributed by atoms with Crippen LogP contribution in [0, 0.1) is 6.92 Å². The lowest BCUT2D eigenvalue weighted by atomic mass is 9.93. The van der Waals surface area contributed by atoms with Gasteiger partial charge in [-0.25, -0.2) is 4.99 Å².